The van der Waals surface area contributed by atoms with Crippen LogP contribution in [-0.4, -0.2) is 74.4 Å². The van der Waals surface area contributed by atoms with Crippen LogP contribution in [0.1, 0.15) is 80.6 Å². The van der Waals surface area contributed by atoms with Gasteiger partial charge >= 0.3 is 0 Å². The number of pyridine rings is 1. The van der Waals surface area contributed by atoms with Gasteiger partial charge in [0.05, 0.1) is 25.3 Å². The fourth-order valence-corrected chi connectivity index (χ4v) is 6.13. The third-order valence-corrected chi connectivity index (χ3v) is 8.44. The van der Waals surface area contributed by atoms with E-state index in [1.54, 1.807) is 0 Å². The molecule has 206 valence electrons. The molecule has 9 nitrogen and oxygen atoms in total. The van der Waals surface area contributed by atoms with Gasteiger partial charge in [-0.1, -0.05) is 33.1 Å². The number of rotatable bonds is 9. The molecule has 3 aromatic rings. The van der Waals surface area contributed by atoms with Gasteiger partial charge in [0.1, 0.15) is 0 Å². The Labute approximate surface area is 225 Å². The number of aryl methyl sites for hydroxylation is 2. The average molecular weight is 522 g/mol. The molecule has 0 spiro atoms. The number of tetrazole rings is 1. The van der Waals surface area contributed by atoms with Gasteiger partial charge < -0.3 is 9.72 Å². The van der Waals surface area contributed by atoms with E-state index >= 15 is 0 Å². The van der Waals surface area contributed by atoms with Crippen LogP contribution in [0.4, 0.5) is 0 Å². The molecular weight excluding hydrogens is 478 g/mol. The molecule has 1 aliphatic heterocycles. The number of nitrogens with zero attached hydrogens (tertiary/aromatic N) is 6. The molecule has 1 N–H and O–H groups in total. The monoisotopic (exact) mass is 521 g/mol. The van der Waals surface area contributed by atoms with Gasteiger partial charge in [0, 0.05) is 43.8 Å². The molecule has 1 saturated heterocycles. The van der Waals surface area contributed by atoms with Crippen LogP contribution < -0.4 is 5.56 Å². The number of hydrogen-bond donors (Lipinski definition) is 1. The van der Waals surface area contributed by atoms with Crippen molar-refractivity contribution in [2.75, 3.05) is 39.4 Å². The van der Waals surface area contributed by atoms with Crippen LogP contribution in [0, 0.1) is 19.8 Å². The smallest absolute Gasteiger partial charge is 0.252 e. The Morgan fingerprint density at radius 3 is 2.55 bits per heavy atom. The van der Waals surface area contributed by atoms with Crippen LogP contribution in [0.3, 0.4) is 0 Å². The highest BCUT2D eigenvalue weighted by Gasteiger charge is 2.32. The predicted octanol–water partition coefficient (Wildman–Crippen LogP) is 4.17. The standard InChI is InChI=1S/C29H43N7O2/c1-20(2)27(28-31-32-33-36(28)25-8-6-5-7-9-25)35(11-10-34-12-14-38-15-13-34)19-24-18-23-16-21(3)22(4)17-26(23)30-29(24)37/h16-18,20,25,27H,5-15,19H2,1-4H3,(H,30,37)/t27-/m0/s1. The lowest BCUT2D eigenvalue weighted by Crippen LogP contribution is -2.44. The number of hydrogen-bond acceptors (Lipinski definition) is 7. The Balaban J connectivity index is 1.49. The van der Waals surface area contributed by atoms with Crippen molar-refractivity contribution < 1.29 is 4.74 Å². The first-order valence-electron chi connectivity index (χ1n) is 14.4. The summed E-state index contributed by atoms with van der Waals surface area (Å²) < 4.78 is 7.67. The molecule has 3 heterocycles. The van der Waals surface area contributed by atoms with E-state index in [4.69, 9.17) is 4.74 Å². The van der Waals surface area contributed by atoms with Crippen LogP contribution in [-0.2, 0) is 11.3 Å². The number of nitrogens with one attached hydrogen (secondary N) is 1. The van der Waals surface area contributed by atoms with Gasteiger partial charge in [-0.25, -0.2) is 4.68 Å². The zero-order chi connectivity index (χ0) is 26.6. The lowest BCUT2D eigenvalue weighted by Gasteiger charge is -2.36. The van der Waals surface area contributed by atoms with Gasteiger partial charge in [-0.3, -0.25) is 14.6 Å². The Morgan fingerprint density at radius 2 is 1.82 bits per heavy atom. The second-order valence-electron chi connectivity index (χ2n) is 11.5. The quantitative estimate of drug-likeness (QED) is 0.452. The number of aromatic amines is 1. The van der Waals surface area contributed by atoms with Crippen molar-refractivity contribution in [1.29, 1.82) is 0 Å². The second kappa shape index (κ2) is 12.1. The Morgan fingerprint density at radius 1 is 1.08 bits per heavy atom. The number of benzene rings is 1. The first-order valence-corrected chi connectivity index (χ1v) is 14.4. The summed E-state index contributed by atoms with van der Waals surface area (Å²) in [5.74, 6) is 1.20. The molecule has 1 atom stereocenters. The van der Waals surface area contributed by atoms with Crippen LogP contribution in [0.2, 0.25) is 0 Å². The van der Waals surface area contributed by atoms with E-state index in [1.165, 1.54) is 30.4 Å². The molecule has 2 fully saturated rings. The third kappa shape index (κ3) is 6.00. The molecule has 38 heavy (non-hydrogen) atoms. The molecule has 9 heteroatoms. The predicted molar refractivity (Wildman–Crippen MR) is 149 cm³/mol. The molecule has 1 saturated carbocycles. The molecule has 2 aliphatic rings. The molecular formula is C29H43N7O2. The van der Waals surface area contributed by atoms with Gasteiger partial charge in [-0.05, 0) is 77.7 Å². The summed E-state index contributed by atoms with van der Waals surface area (Å²) in [6.07, 6.45) is 5.99. The minimum absolute atomic E-state index is 0.00261. The van der Waals surface area contributed by atoms with Crippen molar-refractivity contribution in [3.8, 4) is 0 Å². The lowest BCUT2D eigenvalue weighted by atomic mass is 9.94. The highest BCUT2D eigenvalue weighted by molar-refractivity contribution is 5.80. The first-order chi connectivity index (χ1) is 18.4. The zero-order valence-corrected chi connectivity index (χ0v) is 23.4. The van der Waals surface area contributed by atoms with Gasteiger partial charge in [0.15, 0.2) is 5.82 Å². The van der Waals surface area contributed by atoms with E-state index in [1.807, 2.05) is 0 Å². The molecule has 0 radical (unpaired) electrons. The van der Waals surface area contributed by atoms with Gasteiger partial charge in [-0.2, -0.15) is 0 Å². The van der Waals surface area contributed by atoms with E-state index in [2.05, 4.69) is 80.9 Å². The number of fused-ring (bicyclic) bond motifs is 1. The van der Waals surface area contributed by atoms with Crippen molar-refractivity contribution in [3.63, 3.8) is 0 Å². The van der Waals surface area contributed by atoms with E-state index < -0.39 is 0 Å². The topological polar surface area (TPSA) is 92.2 Å². The van der Waals surface area contributed by atoms with Crippen LogP contribution in [0.5, 0.6) is 0 Å². The summed E-state index contributed by atoms with van der Waals surface area (Å²) >= 11 is 0. The van der Waals surface area contributed by atoms with Crippen molar-refractivity contribution in [3.05, 3.63) is 51.1 Å². The summed E-state index contributed by atoms with van der Waals surface area (Å²) in [6.45, 7) is 14.4. The van der Waals surface area contributed by atoms with E-state index in [0.717, 1.165) is 74.5 Å². The highest BCUT2D eigenvalue weighted by Crippen LogP contribution is 2.34. The summed E-state index contributed by atoms with van der Waals surface area (Å²) in [7, 11) is 0. The van der Waals surface area contributed by atoms with Crippen molar-refractivity contribution >= 4 is 10.9 Å². The van der Waals surface area contributed by atoms with Crippen LogP contribution >= 0.6 is 0 Å². The number of morpholine rings is 1. The molecule has 1 aliphatic carbocycles. The Hall–Kier alpha value is -2.62. The maximum Gasteiger partial charge on any atom is 0.252 e. The van der Waals surface area contributed by atoms with Gasteiger partial charge in [0.2, 0.25) is 0 Å². The maximum absolute atomic E-state index is 13.3. The third-order valence-electron chi connectivity index (χ3n) is 8.44. The molecule has 1 aromatic carbocycles. The number of aromatic nitrogens is 5. The minimum atomic E-state index is -0.0218. The Kier molecular flexibility index (Phi) is 8.55. The van der Waals surface area contributed by atoms with Gasteiger partial charge in [-0.15, -0.1) is 5.10 Å². The second-order valence-corrected chi connectivity index (χ2v) is 11.5. The normalized spacial score (nSPS) is 18.6. The van der Waals surface area contributed by atoms with E-state index in [9.17, 15) is 4.79 Å². The Bertz CT molecular complexity index is 1270. The SMILES string of the molecule is Cc1cc2cc(CN(CCN3CCOCC3)[C@H](c3nnnn3C3CCCCC3)C(C)C)c(=O)[nH]c2cc1C. The van der Waals surface area contributed by atoms with Crippen LogP contribution in [0.15, 0.2) is 23.0 Å². The molecule has 2 aromatic heterocycles. The number of ether oxygens (including phenoxy) is 1. The first kappa shape index (κ1) is 27.0. The summed E-state index contributed by atoms with van der Waals surface area (Å²) in [6, 6.07) is 6.67. The largest absolute Gasteiger partial charge is 0.379 e. The van der Waals surface area contributed by atoms with E-state index in [-0.39, 0.29) is 17.5 Å². The summed E-state index contributed by atoms with van der Waals surface area (Å²) in [5.41, 5.74) is 4.06. The summed E-state index contributed by atoms with van der Waals surface area (Å²) in [5, 5.41) is 14.3. The fourth-order valence-electron chi connectivity index (χ4n) is 6.13. The summed E-state index contributed by atoms with van der Waals surface area (Å²) in [4.78, 5) is 21.3. The average Bonchev–Trinajstić information content (AvgIpc) is 3.39. The molecule has 0 amide bonds. The molecule has 5 rings (SSSR count). The highest BCUT2D eigenvalue weighted by atomic mass is 16.5. The minimum Gasteiger partial charge on any atom is -0.379 e. The molecule has 0 bridgehead atoms. The number of H-pyrrole nitrogens is 1. The fraction of sp³-hybridized carbons (Fsp3) is 0.655. The van der Waals surface area contributed by atoms with Crippen LogP contribution in [0.25, 0.3) is 10.9 Å². The maximum atomic E-state index is 13.3. The van der Waals surface area contributed by atoms with Crippen molar-refractivity contribution in [2.24, 2.45) is 5.92 Å². The van der Waals surface area contributed by atoms with E-state index in [0.29, 0.717) is 12.6 Å². The lowest BCUT2D eigenvalue weighted by molar-refractivity contribution is 0.0266. The van der Waals surface area contributed by atoms with Gasteiger partial charge in [0.25, 0.3) is 5.56 Å². The van der Waals surface area contributed by atoms with Crippen molar-refractivity contribution in [1.82, 2.24) is 35.0 Å². The molecule has 0 unspecified atom stereocenters. The van der Waals surface area contributed by atoms with Crippen molar-refractivity contribution in [2.45, 2.75) is 78.4 Å². The zero-order valence-electron chi connectivity index (χ0n) is 23.4.